The summed E-state index contributed by atoms with van der Waals surface area (Å²) >= 11 is 0. The molecule has 1 saturated heterocycles. The second-order valence-corrected chi connectivity index (χ2v) is 7.54. The molecule has 8 heteroatoms. The van der Waals surface area contributed by atoms with Crippen LogP contribution in [-0.2, 0) is 17.8 Å². The fourth-order valence-electron chi connectivity index (χ4n) is 3.85. The van der Waals surface area contributed by atoms with E-state index in [1.807, 2.05) is 0 Å². The summed E-state index contributed by atoms with van der Waals surface area (Å²) in [5, 5.41) is 0. The number of anilines is 1. The third kappa shape index (κ3) is 4.46. The molecular formula is C21H24F2N4O2. The van der Waals surface area contributed by atoms with Crippen molar-refractivity contribution >= 4 is 11.7 Å². The largest absolute Gasteiger partial charge is 0.487 e. The van der Waals surface area contributed by atoms with Gasteiger partial charge in [-0.15, -0.1) is 0 Å². The van der Waals surface area contributed by atoms with E-state index in [1.54, 1.807) is 18.0 Å². The Hall–Kier alpha value is -2.77. The molecule has 6 nitrogen and oxygen atoms in total. The quantitative estimate of drug-likeness (QED) is 0.790. The van der Waals surface area contributed by atoms with Crippen LogP contribution >= 0.6 is 0 Å². The van der Waals surface area contributed by atoms with Crippen molar-refractivity contribution in [2.45, 2.75) is 45.3 Å². The summed E-state index contributed by atoms with van der Waals surface area (Å²) in [5.74, 6) is -0.318. The zero-order chi connectivity index (χ0) is 20.4. The molecule has 0 N–H and O–H groups in total. The minimum absolute atomic E-state index is 0.0587. The summed E-state index contributed by atoms with van der Waals surface area (Å²) in [4.78, 5) is 25.0. The summed E-state index contributed by atoms with van der Waals surface area (Å²) in [6.45, 7) is 4.26. The Kier molecular flexibility index (Phi) is 5.60. The lowest BCUT2D eigenvalue weighted by Gasteiger charge is -2.33. The number of piperidine rings is 1. The molecule has 29 heavy (non-hydrogen) atoms. The molecule has 1 aromatic carbocycles. The molecule has 1 amide bonds. The van der Waals surface area contributed by atoms with E-state index in [9.17, 15) is 13.6 Å². The van der Waals surface area contributed by atoms with E-state index in [1.165, 1.54) is 12.1 Å². The van der Waals surface area contributed by atoms with Crippen LogP contribution < -0.4 is 9.64 Å². The lowest BCUT2D eigenvalue weighted by atomic mass is 10.1. The SMILES string of the molecule is CC(=O)N1CCCc2nc(N3CCC(Oc4ccc(F)cc4F)CC3)cnc2C1. The highest BCUT2D eigenvalue weighted by atomic mass is 19.1. The summed E-state index contributed by atoms with van der Waals surface area (Å²) in [7, 11) is 0. The van der Waals surface area contributed by atoms with Crippen LogP contribution in [0.3, 0.4) is 0 Å². The molecule has 0 atom stereocenters. The van der Waals surface area contributed by atoms with Crippen LogP contribution in [0.25, 0.3) is 0 Å². The number of aryl methyl sites for hydroxylation is 1. The molecule has 0 bridgehead atoms. The molecule has 2 aliphatic rings. The maximum atomic E-state index is 13.8. The maximum absolute atomic E-state index is 13.8. The zero-order valence-electron chi connectivity index (χ0n) is 16.4. The van der Waals surface area contributed by atoms with E-state index in [0.29, 0.717) is 19.4 Å². The monoisotopic (exact) mass is 402 g/mol. The smallest absolute Gasteiger partial charge is 0.219 e. The topological polar surface area (TPSA) is 58.6 Å². The van der Waals surface area contributed by atoms with Gasteiger partial charge < -0.3 is 14.5 Å². The molecule has 154 valence electrons. The van der Waals surface area contributed by atoms with Gasteiger partial charge in [-0.1, -0.05) is 0 Å². The average Bonchev–Trinajstić information content (AvgIpc) is 2.93. The van der Waals surface area contributed by atoms with Gasteiger partial charge in [0, 0.05) is 45.5 Å². The summed E-state index contributed by atoms with van der Waals surface area (Å²) in [6, 6.07) is 3.37. The highest BCUT2D eigenvalue weighted by Crippen LogP contribution is 2.25. The van der Waals surface area contributed by atoms with Crippen LogP contribution in [0.5, 0.6) is 5.75 Å². The van der Waals surface area contributed by atoms with Gasteiger partial charge in [0.25, 0.3) is 0 Å². The molecule has 3 heterocycles. The third-order valence-corrected chi connectivity index (χ3v) is 5.50. The van der Waals surface area contributed by atoms with E-state index < -0.39 is 11.6 Å². The van der Waals surface area contributed by atoms with Crippen LogP contribution in [0.1, 0.15) is 37.6 Å². The van der Waals surface area contributed by atoms with E-state index in [2.05, 4.69) is 9.88 Å². The normalized spacial score (nSPS) is 17.6. The Morgan fingerprint density at radius 1 is 1.17 bits per heavy atom. The Bertz CT molecular complexity index is 900. The average molecular weight is 402 g/mol. The maximum Gasteiger partial charge on any atom is 0.219 e. The summed E-state index contributed by atoms with van der Waals surface area (Å²) in [6.07, 6.45) is 4.77. The first-order valence-corrected chi connectivity index (χ1v) is 9.96. The number of fused-ring (bicyclic) bond motifs is 1. The number of ether oxygens (including phenoxy) is 1. The molecule has 2 aliphatic heterocycles. The first kappa shape index (κ1) is 19.5. The minimum atomic E-state index is -0.677. The van der Waals surface area contributed by atoms with Crippen molar-refractivity contribution in [3.8, 4) is 5.75 Å². The number of halogens is 2. The van der Waals surface area contributed by atoms with Gasteiger partial charge in [0.2, 0.25) is 5.91 Å². The molecule has 2 aromatic rings. The number of amides is 1. The number of hydrogen-bond donors (Lipinski definition) is 0. The van der Waals surface area contributed by atoms with Gasteiger partial charge in [0.1, 0.15) is 17.7 Å². The second kappa shape index (κ2) is 8.31. The number of hydrogen-bond acceptors (Lipinski definition) is 5. The van der Waals surface area contributed by atoms with Crippen molar-refractivity contribution in [1.29, 1.82) is 0 Å². The standard InChI is InChI=1S/C21H24F2N4O2/c1-14(28)27-8-2-3-18-19(13-27)24-12-21(25-18)26-9-6-16(7-10-26)29-20-5-4-15(22)11-17(20)23/h4-5,11-12,16H,2-3,6-10,13H2,1H3. The van der Waals surface area contributed by atoms with Gasteiger partial charge in [-0.05, 0) is 25.0 Å². The lowest BCUT2D eigenvalue weighted by Crippen LogP contribution is -2.39. The van der Waals surface area contributed by atoms with E-state index in [-0.39, 0.29) is 17.8 Å². The molecular weight excluding hydrogens is 378 g/mol. The first-order valence-electron chi connectivity index (χ1n) is 9.96. The highest BCUT2D eigenvalue weighted by molar-refractivity contribution is 5.73. The summed E-state index contributed by atoms with van der Waals surface area (Å²) in [5.41, 5.74) is 1.82. The molecule has 0 spiro atoms. The Morgan fingerprint density at radius 2 is 1.97 bits per heavy atom. The van der Waals surface area contributed by atoms with Crippen LogP contribution in [0.2, 0.25) is 0 Å². The predicted octanol–water partition coefficient (Wildman–Crippen LogP) is 3.10. The van der Waals surface area contributed by atoms with Crippen LogP contribution in [0, 0.1) is 11.6 Å². The van der Waals surface area contributed by atoms with Gasteiger partial charge in [0.15, 0.2) is 11.6 Å². The van der Waals surface area contributed by atoms with Gasteiger partial charge in [-0.25, -0.2) is 13.8 Å². The van der Waals surface area contributed by atoms with E-state index >= 15 is 0 Å². The van der Waals surface area contributed by atoms with Crippen LogP contribution in [0.15, 0.2) is 24.4 Å². The lowest BCUT2D eigenvalue weighted by molar-refractivity contribution is -0.129. The molecule has 1 fully saturated rings. The third-order valence-electron chi connectivity index (χ3n) is 5.50. The van der Waals surface area contributed by atoms with Gasteiger partial charge >= 0.3 is 0 Å². The van der Waals surface area contributed by atoms with Crippen LogP contribution in [0.4, 0.5) is 14.6 Å². The van der Waals surface area contributed by atoms with E-state index in [4.69, 9.17) is 9.72 Å². The Morgan fingerprint density at radius 3 is 2.69 bits per heavy atom. The zero-order valence-corrected chi connectivity index (χ0v) is 16.4. The van der Waals surface area contributed by atoms with Crippen molar-refractivity contribution in [3.63, 3.8) is 0 Å². The van der Waals surface area contributed by atoms with Gasteiger partial charge in [-0.3, -0.25) is 9.78 Å². The second-order valence-electron chi connectivity index (χ2n) is 7.54. The van der Waals surface area contributed by atoms with E-state index in [0.717, 1.165) is 55.7 Å². The number of benzene rings is 1. The van der Waals surface area contributed by atoms with Gasteiger partial charge in [-0.2, -0.15) is 0 Å². The number of nitrogens with zero attached hydrogens (tertiary/aromatic N) is 4. The fourth-order valence-corrected chi connectivity index (χ4v) is 3.85. The molecule has 0 saturated carbocycles. The molecule has 4 rings (SSSR count). The Balaban J connectivity index is 1.39. The molecule has 0 radical (unpaired) electrons. The number of carbonyl (C=O) groups is 1. The van der Waals surface area contributed by atoms with Crippen molar-refractivity contribution in [2.24, 2.45) is 0 Å². The van der Waals surface area contributed by atoms with Crippen molar-refractivity contribution in [3.05, 3.63) is 47.4 Å². The molecule has 1 aromatic heterocycles. The fraction of sp³-hybridized carbons (Fsp3) is 0.476. The number of rotatable bonds is 3. The first-order chi connectivity index (χ1) is 14.0. The number of aromatic nitrogens is 2. The van der Waals surface area contributed by atoms with Crippen LogP contribution in [-0.4, -0.2) is 46.5 Å². The van der Waals surface area contributed by atoms with Crippen molar-refractivity contribution in [2.75, 3.05) is 24.5 Å². The van der Waals surface area contributed by atoms with Crippen molar-refractivity contribution < 1.29 is 18.3 Å². The molecule has 0 unspecified atom stereocenters. The summed E-state index contributed by atoms with van der Waals surface area (Å²) < 4.78 is 32.6. The molecule has 0 aliphatic carbocycles. The minimum Gasteiger partial charge on any atom is -0.487 e. The number of carbonyl (C=O) groups excluding carboxylic acids is 1. The predicted molar refractivity (Wildman–Crippen MR) is 104 cm³/mol. The Labute approximate surface area is 168 Å². The van der Waals surface area contributed by atoms with Crippen molar-refractivity contribution in [1.82, 2.24) is 14.9 Å². The highest BCUT2D eigenvalue weighted by Gasteiger charge is 2.24. The van der Waals surface area contributed by atoms with Gasteiger partial charge in [0.05, 0.1) is 24.1 Å².